The van der Waals surface area contributed by atoms with E-state index in [1.807, 2.05) is 25.1 Å². The second-order valence-electron chi connectivity index (χ2n) is 10.6. The molecule has 1 atom stereocenters. The van der Waals surface area contributed by atoms with Gasteiger partial charge in [0.15, 0.2) is 5.60 Å². The first-order valence-electron chi connectivity index (χ1n) is 13.2. The number of nitrogens with zero attached hydrogens (tertiary/aromatic N) is 4. The zero-order chi connectivity index (χ0) is 27.3. The monoisotopic (exact) mass is 520 g/mol. The molecule has 7 nitrogen and oxygen atoms in total. The first-order chi connectivity index (χ1) is 18.1. The van der Waals surface area contributed by atoms with Crippen molar-refractivity contribution < 1.29 is 19.0 Å². The minimum Gasteiger partial charge on any atom is -0.478 e. The van der Waals surface area contributed by atoms with Gasteiger partial charge >= 0.3 is 5.97 Å². The first kappa shape index (κ1) is 27.5. The van der Waals surface area contributed by atoms with Crippen molar-refractivity contribution >= 4 is 11.9 Å². The molecule has 4 rings (SSSR count). The highest BCUT2D eigenvalue weighted by Gasteiger charge is 2.30. The maximum atomic E-state index is 13.6. The van der Waals surface area contributed by atoms with Gasteiger partial charge in [-0.25, -0.2) is 19.2 Å². The number of carbonyl (C=O) groups is 1. The zero-order valence-electron chi connectivity index (χ0n) is 22.7. The lowest BCUT2D eigenvalue weighted by Crippen LogP contribution is -2.53. The summed E-state index contributed by atoms with van der Waals surface area (Å²) in [5, 5.41) is 9.44. The smallest absolute Gasteiger partial charge is 0.347 e. The number of carboxylic acids is 1. The number of aryl methyl sites for hydroxylation is 1. The Morgan fingerprint density at radius 3 is 2.58 bits per heavy atom. The number of rotatable bonds is 10. The number of hydrogen-bond acceptors (Lipinski definition) is 6. The molecule has 1 fully saturated rings. The molecule has 1 saturated heterocycles. The molecule has 0 saturated carbocycles. The van der Waals surface area contributed by atoms with E-state index in [1.165, 1.54) is 12.1 Å². The lowest BCUT2D eigenvalue weighted by Gasteiger charge is -2.41. The quantitative estimate of drug-likeness (QED) is 0.367. The second kappa shape index (κ2) is 11.9. The number of halogens is 1. The summed E-state index contributed by atoms with van der Waals surface area (Å²) >= 11 is 0. The van der Waals surface area contributed by atoms with E-state index in [9.17, 15) is 14.3 Å². The fourth-order valence-corrected chi connectivity index (χ4v) is 4.87. The van der Waals surface area contributed by atoms with E-state index in [-0.39, 0.29) is 11.9 Å². The van der Waals surface area contributed by atoms with E-state index in [4.69, 9.17) is 4.74 Å². The largest absolute Gasteiger partial charge is 0.478 e. The van der Waals surface area contributed by atoms with Gasteiger partial charge in [-0.3, -0.25) is 4.90 Å². The summed E-state index contributed by atoms with van der Waals surface area (Å²) < 4.78 is 19.5. The third-order valence-electron chi connectivity index (χ3n) is 6.92. The van der Waals surface area contributed by atoms with Crippen LogP contribution in [0.15, 0.2) is 54.9 Å². The van der Waals surface area contributed by atoms with Gasteiger partial charge in [-0.1, -0.05) is 38.0 Å². The molecule has 2 heterocycles. The van der Waals surface area contributed by atoms with Crippen LogP contribution in [-0.4, -0.2) is 57.2 Å². The summed E-state index contributed by atoms with van der Waals surface area (Å²) in [5.74, 6) is -0.00440. The van der Waals surface area contributed by atoms with Gasteiger partial charge in [0, 0.05) is 50.2 Å². The Morgan fingerprint density at radius 1 is 1.13 bits per heavy atom. The third kappa shape index (κ3) is 6.86. The number of benzene rings is 2. The lowest BCUT2D eigenvalue weighted by atomic mass is 10.0. The van der Waals surface area contributed by atoms with E-state index in [0.29, 0.717) is 11.7 Å². The van der Waals surface area contributed by atoms with Crippen LogP contribution >= 0.6 is 0 Å². The van der Waals surface area contributed by atoms with Crippen molar-refractivity contribution in [1.82, 2.24) is 14.9 Å². The molecule has 1 aromatic heterocycles. The normalized spacial score (nSPS) is 16.4. The number of aromatic nitrogens is 2. The van der Waals surface area contributed by atoms with E-state index >= 15 is 0 Å². The predicted molar refractivity (Wildman–Crippen MR) is 147 cm³/mol. The third-order valence-corrected chi connectivity index (χ3v) is 6.92. The summed E-state index contributed by atoms with van der Waals surface area (Å²) in [5.41, 5.74) is 2.38. The maximum Gasteiger partial charge on any atom is 0.347 e. The fraction of sp³-hybridized carbons (Fsp3) is 0.433. The highest BCUT2D eigenvalue weighted by atomic mass is 19.1. The van der Waals surface area contributed by atoms with Crippen molar-refractivity contribution in [2.45, 2.75) is 65.1 Å². The average molecular weight is 521 g/mol. The van der Waals surface area contributed by atoms with E-state index in [0.717, 1.165) is 67.7 Å². The lowest BCUT2D eigenvalue weighted by molar-refractivity contribution is -0.152. The van der Waals surface area contributed by atoms with Crippen molar-refractivity contribution in [3.8, 4) is 16.9 Å². The standard InChI is InChI=1S/C30H37FN4O3/c1-5-6-10-26-20-34(19-22-13-21(2)14-27(15-22)38-30(3,4)28(36)37)11-12-35(26)29-32-17-24(18-33-29)23-8-7-9-25(31)16-23/h7-9,13-18,26H,5-6,10-12,19-20H2,1-4H3,(H,36,37). The number of ether oxygens (including phenoxy) is 1. The molecule has 38 heavy (non-hydrogen) atoms. The van der Waals surface area contributed by atoms with Gasteiger partial charge in [-0.15, -0.1) is 0 Å². The molecular weight excluding hydrogens is 483 g/mol. The minimum atomic E-state index is -1.30. The Morgan fingerprint density at radius 2 is 1.89 bits per heavy atom. The van der Waals surface area contributed by atoms with E-state index < -0.39 is 11.6 Å². The summed E-state index contributed by atoms with van der Waals surface area (Å²) in [7, 11) is 0. The molecule has 0 spiro atoms. The molecule has 0 aliphatic carbocycles. The highest BCUT2D eigenvalue weighted by Crippen LogP contribution is 2.26. The van der Waals surface area contributed by atoms with Crippen LogP contribution in [0.25, 0.3) is 11.1 Å². The van der Waals surface area contributed by atoms with Crippen molar-refractivity contribution in [3.63, 3.8) is 0 Å². The Hall–Kier alpha value is -3.52. The van der Waals surface area contributed by atoms with Crippen molar-refractivity contribution in [2.24, 2.45) is 0 Å². The summed E-state index contributed by atoms with van der Waals surface area (Å²) in [6, 6.07) is 12.7. The van der Waals surface area contributed by atoms with E-state index in [1.54, 1.807) is 32.3 Å². The zero-order valence-corrected chi connectivity index (χ0v) is 22.7. The molecule has 1 unspecified atom stereocenters. The van der Waals surface area contributed by atoms with Crippen LogP contribution in [0.3, 0.4) is 0 Å². The van der Waals surface area contributed by atoms with Crippen LogP contribution in [0.4, 0.5) is 10.3 Å². The first-order valence-corrected chi connectivity index (χ1v) is 13.2. The SMILES string of the molecule is CCCCC1CN(Cc2cc(C)cc(OC(C)(C)C(=O)O)c2)CCN1c1ncc(-c2cccc(F)c2)cn1. The number of anilines is 1. The Kier molecular flexibility index (Phi) is 8.62. The Bertz CT molecular complexity index is 1250. The van der Waals surface area contributed by atoms with Crippen LogP contribution < -0.4 is 9.64 Å². The molecule has 3 aromatic rings. The van der Waals surface area contributed by atoms with Gasteiger partial charge in [0.1, 0.15) is 11.6 Å². The topological polar surface area (TPSA) is 78.8 Å². The van der Waals surface area contributed by atoms with Crippen LogP contribution in [-0.2, 0) is 11.3 Å². The molecule has 1 aliphatic heterocycles. The van der Waals surface area contributed by atoms with Crippen molar-refractivity contribution in [2.75, 3.05) is 24.5 Å². The summed E-state index contributed by atoms with van der Waals surface area (Å²) in [6.45, 7) is 10.6. The van der Waals surface area contributed by atoms with Crippen molar-refractivity contribution in [1.29, 1.82) is 0 Å². The van der Waals surface area contributed by atoms with Gasteiger partial charge in [0.2, 0.25) is 5.95 Å². The second-order valence-corrected chi connectivity index (χ2v) is 10.6. The molecular formula is C30H37FN4O3. The molecule has 202 valence electrons. The molecule has 0 bridgehead atoms. The van der Waals surface area contributed by atoms with Gasteiger partial charge in [0.05, 0.1) is 0 Å². The van der Waals surface area contributed by atoms with Gasteiger partial charge in [-0.05, 0) is 68.1 Å². The summed E-state index contributed by atoms with van der Waals surface area (Å²) in [4.78, 5) is 25.6. The predicted octanol–water partition coefficient (Wildman–Crippen LogP) is 5.71. The molecule has 2 aromatic carbocycles. The number of hydrogen-bond donors (Lipinski definition) is 1. The van der Waals surface area contributed by atoms with Gasteiger partial charge in [-0.2, -0.15) is 0 Å². The van der Waals surface area contributed by atoms with Crippen LogP contribution in [0.5, 0.6) is 5.75 Å². The van der Waals surface area contributed by atoms with Crippen LogP contribution in [0, 0.1) is 12.7 Å². The van der Waals surface area contributed by atoms with Gasteiger partial charge in [0.25, 0.3) is 0 Å². The molecule has 0 radical (unpaired) electrons. The number of unbranched alkanes of at least 4 members (excludes halogenated alkanes) is 1. The fourth-order valence-electron chi connectivity index (χ4n) is 4.87. The Labute approximate surface area is 224 Å². The summed E-state index contributed by atoms with van der Waals surface area (Å²) in [6.07, 6.45) is 6.81. The molecule has 1 aliphatic rings. The minimum absolute atomic E-state index is 0.273. The number of carboxylic acid groups (broad SMARTS) is 1. The maximum absolute atomic E-state index is 13.6. The van der Waals surface area contributed by atoms with Crippen LogP contribution in [0.1, 0.15) is 51.2 Å². The molecule has 8 heteroatoms. The van der Waals surface area contributed by atoms with Gasteiger partial charge < -0.3 is 14.7 Å². The van der Waals surface area contributed by atoms with Crippen molar-refractivity contribution in [3.05, 3.63) is 71.8 Å². The van der Waals surface area contributed by atoms with Crippen LogP contribution in [0.2, 0.25) is 0 Å². The number of piperazine rings is 1. The number of aliphatic carboxylic acids is 1. The molecule has 0 amide bonds. The van der Waals surface area contributed by atoms with E-state index in [2.05, 4.69) is 32.8 Å². The highest BCUT2D eigenvalue weighted by molar-refractivity contribution is 5.76. The Balaban J connectivity index is 1.47. The molecule has 1 N–H and O–H groups in total. The average Bonchev–Trinajstić information content (AvgIpc) is 2.87.